The van der Waals surface area contributed by atoms with Crippen LogP contribution in [0.2, 0.25) is 15.1 Å². The van der Waals surface area contributed by atoms with Gasteiger partial charge in [0, 0.05) is 45.5 Å². The van der Waals surface area contributed by atoms with Crippen LogP contribution in [0.1, 0.15) is 116 Å². The zero-order chi connectivity index (χ0) is 78.2. The SMILES string of the molecule is Cc1cc(Cl)c(Cl)c(N(c2ccc(C(C)(C)C)cc2)c2ccc(C(C)(C)C)cc2)c1.Cc1cc(N(c2ccc(C(C)(C)C)cc2)c2ccc(C(C)(C)C)cc2)c(Cl)c(N2c3ccccc3[Si](c3ccccc3)(c3ccccc3)c3ccccc32)c1.c1ccc([Si]2(c3ccccc3)c3ccccc3Nc3ccccc32)cc1. The topological polar surface area (TPSA) is 21.8 Å². The minimum Gasteiger partial charge on any atom is -0.356 e. The summed E-state index contributed by atoms with van der Waals surface area (Å²) in [5.41, 5.74) is 19.5. The average Bonchev–Trinajstić information content (AvgIpc) is 0.707. The summed E-state index contributed by atoms with van der Waals surface area (Å²) in [7, 11) is -5.10. The molecule has 2 aliphatic heterocycles. The van der Waals surface area contributed by atoms with E-state index in [2.05, 4.69) is 444 Å². The Morgan fingerprint density at radius 1 is 0.270 bits per heavy atom. The van der Waals surface area contributed by atoms with E-state index in [9.17, 15) is 0 Å². The summed E-state index contributed by atoms with van der Waals surface area (Å²) in [6, 6.07) is 124. The molecule has 2 aliphatic rings. The van der Waals surface area contributed by atoms with Crippen molar-refractivity contribution < 1.29 is 0 Å². The molecule has 4 nitrogen and oxygen atoms in total. The van der Waals surface area contributed by atoms with Crippen molar-refractivity contribution in [3.05, 3.63) is 388 Å². The number of hydrogen-bond donors (Lipinski definition) is 1. The monoisotopic (exact) mass is 1540 g/mol. The normalized spacial score (nSPS) is 13.3. The lowest BCUT2D eigenvalue weighted by Gasteiger charge is -2.45. The van der Waals surface area contributed by atoms with Crippen LogP contribution in [0.4, 0.5) is 62.6 Å². The summed E-state index contributed by atoms with van der Waals surface area (Å²) in [5.74, 6) is 0. The van der Waals surface area contributed by atoms with Crippen molar-refractivity contribution in [3.8, 4) is 0 Å². The van der Waals surface area contributed by atoms with Crippen molar-refractivity contribution in [1.29, 1.82) is 0 Å². The predicted molar refractivity (Wildman–Crippen MR) is 487 cm³/mol. The number of rotatable bonds is 11. The van der Waals surface area contributed by atoms with E-state index in [0.29, 0.717) is 15.1 Å². The summed E-state index contributed by atoms with van der Waals surface area (Å²) in [6.07, 6.45) is 0. The molecule has 556 valence electrons. The molecule has 0 aromatic heterocycles. The van der Waals surface area contributed by atoms with Gasteiger partial charge in [-0.25, -0.2) is 0 Å². The van der Waals surface area contributed by atoms with Crippen LogP contribution in [-0.2, 0) is 21.7 Å². The second kappa shape index (κ2) is 31.4. The molecule has 2 heterocycles. The summed E-state index contributed by atoms with van der Waals surface area (Å²) in [4.78, 5) is 6.93. The molecule has 111 heavy (non-hydrogen) atoms. The quantitative estimate of drug-likeness (QED) is 0.130. The first-order chi connectivity index (χ1) is 53.2. The maximum Gasteiger partial charge on any atom is 0.184 e. The molecule has 0 fully saturated rings. The number of anilines is 11. The minimum absolute atomic E-state index is 0.0406. The predicted octanol–water partition coefficient (Wildman–Crippen LogP) is 24.4. The molecule has 0 amide bonds. The highest BCUT2D eigenvalue weighted by atomic mass is 35.5. The van der Waals surface area contributed by atoms with Crippen LogP contribution < -0.4 is 61.5 Å². The molecule has 14 aromatic carbocycles. The van der Waals surface area contributed by atoms with Gasteiger partial charge in [-0.15, -0.1) is 0 Å². The highest BCUT2D eigenvalue weighted by molar-refractivity contribution is 7.22. The first-order valence-electron chi connectivity index (χ1n) is 38.6. The number of halogens is 3. The van der Waals surface area contributed by atoms with Gasteiger partial charge in [0.2, 0.25) is 0 Å². The molecular weight excluding hydrogens is 1440 g/mol. The van der Waals surface area contributed by atoms with Crippen molar-refractivity contribution in [2.75, 3.05) is 20.0 Å². The lowest BCUT2D eigenvalue weighted by atomic mass is 9.86. The minimum atomic E-state index is -2.76. The summed E-state index contributed by atoms with van der Waals surface area (Å²) in [6.45, 7) is 31.1. The molecule has 16 rings (SSSR count). The van der Waals surface area contributed by atoms with E-state index >= 15 is 0 Å². The third-order valence-electron chi connectivity index (χ3n) is 21.9. The Morgan fingerprint density at radius 3 is 0.847 bits per heavy atom. The largest absolute Gasteiger partial charge is 0.356 e. The first-order valence-corrected chi connectivity index (χ1v) is 43.8. The van der Waals surface area contributed by atoms with Crippen LogP contribution >= 0.6 is 34.8 Å². The van der Waals surface area contributed by atoms with Gasteiger partial charge in [0.1, 0.15) is 0 Å². The second-order valence-electron chi connectivity index (χ2n) is 33.6. The lowest BCUT2D eigenvalue weighted by Crippen LogP contribution is -2.77. The Bertz CT molecular complexity index is 5300. The smallest absolute Gasteiger partial charge is 0.184 e. The third kappa shape index (κ3) is 15.2. The van der Waals surface area contributed by atoms with Crippen LogP contribution in [0.25, 0.3) is 0 Å². The van der Waals surface area contributed by atoms with Gasteiger partial charge in [-0.1, -0.05) is 361 Å². The fraction of sp³-hybridized carbons (Fsp3) is 0.176. The van der Waals surface area contributed by atoms with Gasteiger partial charge in [-0.05, 0) is 207 Å². The second-order valence-corrected chi connectivity index (χ2v) is 42.2. The van der Waals surface area contributed by atoms with Gasteiger partial charge in [0.05, 0.1) is 32.1 Å². The van der Waals surface area contributed by atoms with Gasteiger partial charge >= 0.3 is 0 Å². The van der Waals surface area contributed by atoms with E-state index in [0.717, 1.165) is 62.3 Å². The number of hydrogen-bond acceptors (Lipinski definition) is 4. The molecule has 0 spiro atoms. The van der Waals surface area contributed by atoms with E-state index in [1.807, 2.05) is 13.0 Å². The Kier molecular flexibility index (Phi) is 21.9. The van der Waals surface area contributed by atoms with E-state index in [1.54, 1.807) is 0 Å². The van der Waals surface area contributed by atoms with Gasteiger partial charge in [0.25, 0.3) is 0 Å². The molecule has 9 heteroatoms. The fourth-order valence-electron chi connectivity index (χ4n) is 16.2. The Balaban J connectivity index is 0.000000153. The maximum absolute atomic E-state index is 7.88. The number of para-hydroxylation sites is 4. The van der Waals surface area contributed by atoms with E-state index < -0.39 is 16.1 Å². The average molecular weight is 1540 g/mol. The van der Waals surface area contributed by atoms with E-state index in [4.69, 9.17) is 34.8 Å². The van der Waals surface area contributed by atoms with Crippen LogP contribution in [0.3, 0.4) is 0 Å². The number of benzene rings is 14. The Hall–Kier alpha value is -10.4. The third-order valence-corrected chi connectivity index (χ3v) is 32.8. The molecule has 0 unspecified atom stereocenters. The van der Waals surface area contributed by atoms with Crippen LogP contribution in [0.15, 0.2) is 340 Å². The summed E-state index contributed by atoms with van der Waals surface area (Å²) in [5, 5.41) is 16.6. The van der Waals surface area contributed by atoms with Crippen LogP contribution in [0.5, 0.6) is 0 Å². The molecular formula is C102H99Cl3N4Si2. The van der Waals surface area contributed by atoms with Gasteiger partial charge in [-0.3, -0.25) is 0 Å². The fourth-order valence-corrected chi connectivity index (χ4v) is 27.1. The molecule has 0 bridgehead atoms. The summed E-state index contributed by atoms with van der Waals surface area (Å²) < 4.78 is 0. The zero-order valence-corrected chi connectivity index (χ0v) is 70.6. The van der Waals surface area contributed by atoms with Crippen molar-refractivity contribution in [1.82, 2.24) is 0 Å². The number of nitrogens with zero attached hydrogens (tertiary/aromatic N) is 3. The molecule has 0 saturated heterocycles. The molecule has 1 N–H and O–H groups in total. The standard InChI is InChI=1S/C51H49ClN2Si.C27H31Cl2N.C24H19NSi/c1-36-34-45(53(39-30-26-37(27-31-39)50(2,3)4)40-32-28-38(29-33-40)51(5,6)7)49(52)46(35-36)54-43-22-14-16-24-47(43)55(41-18-10-8-11-19-41,42-20-12-9-13-21-42)48-25-17-15-23-44(48)54;1-18-16-23(28)25(29)24(17-18)30(21-12-8-19(9-13-21)26(2,3)4)22-14-10-20(11-15-22)27(5,6)7;1-3-11-19(12-4-1)26(20-13-5-2-6-14-20)23-17-9-7-15-21(23)25-22-16-8-10-18-24(22)26/h8-35H,1-7H3;8-17H,1-7H3;1-18,25H. The maximum atomic E-state index is 7.88. The molecule has 14 aromatic rings. The van der Waals surface area contributed by atoms with Gasteiger partial charge < -0.3 is 20.0 Å². The zero-order valence-electron chi connectivity index (χ0n) is 66.3. The number of aryl methyl sites for hydroxylation is 2. The van der Waals surface area contributed by atoms with Crippen LogP contribution in [-0.4, -0.2) is 16.1 Å². The van der Waals surface area contributed by atoms with Crippen molar-refractivity contribution >= 4 is 155 Å². The van der Waals surface area contributed by atoms with E-state index in [1.165, 1.54) is 75.1 Å². The van der Waals surface area contributed by atoms with Crippen molar-refractivity contribution in [2.24, 2.45) is 0 Å². The highest BCUT2D eigenvalue weighted by Crippen LogP contribution is 2.50. The Labute approximate surface area is 676 Å². The molecule has 0 atom stereocenters. The van der Waals surface area contributed by atoms with Crippen molar-refractivity contribution in [2.45, 2.75) is 119 Å². The summed E-state index contributed by atoms with van der Waals surface area (Å²) >= 11 is 21.0. The van der Waals surface area contributed by atoms with Gasteiger partial charge in [0.15, 0.2) is 16.1 Å². The lowest BCUT2D eigenvalue weighted by molar-refractivity contribution is 0.590. The van der Waals surface area contributed by atoms with Crippen molar-refractivity contribution in [3.63, 3.8) is 0 Å². The number of fused-ring (bicyclic) bond motifs is 4. The Morgan fingerprint density at radius 2 is 0.532 bits per heavy atom. The highest BCUT2D eigenvalue weighted by Gasteiger charge is 2.50. The number of nitrogens with one attached hydrogen (secondary N) is 1. The molecule has 0 saturated carbocycles. The van der Waals surface area contributed by atoms with Gasteiger partial charge in [-0.2, -0.15) is 0 Å². The van der Waals surface area contributed by atoms with E-state index in [-0.39, 0.29) is 21.7 Å². The molecule has 0 radical (unpaired) electrons. The van der Waals surface area contributed by atoms with Crippen LogP contribution in [0, 0.1) is 13.8 Å². The molecule has 0 aliphatic carbocycles. The first kappa shape index (κ1) is 77.3.